The molecule has 0 radical (unpaired) electrons. The van der Waals surface area contributed by atoms with Gasteiger partial charge in [0.2, 0.25) is 0 Å². The van der Waals surface area contributed by atoms with Gasteiger partial charge in [-0.15, -0.1) is 0 Å². The standard InChI is InChI=1S/C16H18N2O5/c1-10(15(20)22-2)8-13(16(21)23-3)18-14(19)12-6-4-11(9-17)5-7-12/h4-7,10,13H,8H2,1-3H3,(H,18,19)/t10-,13-/m0/s1. The van der Waals surface area contributed by atoms with Crippen LogP contribution in [0, 0.1) is 17.2 Å². The molecule has 0 unspecified atom stereocenters. The molecule has 1 aromatic rings. The van der Waals surface area contributed by atoms with Gasteiger partial charge in [-0.2, -0.15) is 5.26 Å². The van der Waals surface area contributed by atoms with Gasteiger partial charge in [0.1, 0.15) is 6.04 Å². The number of carbonyl (C=O) groups is 3. The van der Waals surface area contributed by atoms with Crippen molar-refractivity contribution in [3.05, 3.63) is 35.4 Å². The van der Waals surface area contributed by atoms with Gasteiger partial charge in [0, 0.05) is 5.56 Å². The second-order valence-corrected chi connectivity index (χ2v) is 4.90. The Morgan fingerprint density at radius 1 is 1.13 bits per heavy atom. The first-order valence-electron chi connectivity index (χ1n) is 6.89. The van der Waals surface area contributed by atoms with Crippen molar-refractivity contribution in [1.82, 2.24) is 5.32 Å². The SMILES string of the molecule is COC(=O)[C@H](C[C@H](C)C(=O)OC)NC(=O)c1ccc(C#N)cc1. The third-order valence-electron chi connectivity index (χ3n) is 3.26. The van der Waals surface area contributed by atoms with Gasteiger partial charge in [0.05, 0.1) is 31.8 Å². The number of hydrogen-bond donors (Lipinski definition) is 1. The fourth-order valence-corrected chi connectivity index (χ4v) is 1.95. The largest absolute Gasteiger partial charge is 0.469 e. The number of hydrogen-bond acceptors (Lipinski definition) is 6. The normalized spacial score (nSPS) is 12.4. The van der Waals surface area contributed by atoms with Crippen molar-refractivity contribution in [3.8, 4) is 6.07 Å². The summed E-state index contributed by atoms with van der Waals surface area (Å²) in [5.41, 5.74) is 0.717. The molecular weight excluding hydrogens is 300 g/mol. The molecule has 0 fully saturated rings. The molecule has 0 spiro atoms. The third kappa shape index (κ3) is 5.11. The van der Waals surface area contributed by atoms with E-state index in [0.29, 0.717) is 11.1 Å². The zero-order chi connectivity index (χ0) is 17.4. The van der Waals surface area contributed by atoms with Crippen LogP contribution in [0.2, 0.25) is 0 Å². The topological polar surface area (TPSA) is 105 Å². The summed E-state index contributed by atoms with van der Waals surface area (Å²) in [6.45, 7) is 1.59. The van der Waals surface area contributed by atoms with E-state index in [1.54, 1.807) is 6.92 Å². The number of methoxy groups -OCH3 is 2. The molecule has 23 heavy (non-hydrogen) atoms. The van der Waals surface area contributed by atoms with Gasteiger partial charge in [0.25, 0.3) is 5.91 Å². The molecule has 0 heterocycles. The zero-order valence-corrected chi connectivity index (χ0v) is 13.2. The van der Waals surface area contributed by atoms with Crippen LogP contribution in [-0.4, -0.2) is 38.1 Å². The molecule has 1 amide bonds. The van der Waals surface area contributed by atoms with E-state index < -0.39 is 29.8 Å². The fourth-order valence-electron chi connectivity index (χ4n) is 1.95. The summed E-state index contributed by atoms with van der Waals surface area (Å²) in [6, 6.07) is 6.93. The van der Waals surface area contributed by atoms with E-state index in [1.165, 1.54) is 38.5 Å². The van der Waals surface area contributed by atoms with E-state index >= 15 is 0 Å². The maximum atomic E-state index is 12.2. The van der Waals surface area contributed by atoms with E-state index in [-0.39, 0.29) is 6.42 Å². The van der Waals surface area contributed by atoms with Crippen LogP contribution < -0.4 is 5.32 Å². The molecule has 7 nitrogen and oxygen atoms in total. The third-order valence-corrected chi connectivity index (χ3v) is 3.26. The summed E-state index contributed by atoms with van der Waals surface area (Å²) in [7, 11) is 2.45. The number of rotatable bonds is 6. The maximum Gasteiger partial charge on any atom is 0.328 e. The highest BCUT2D eigenvalue weighted by molar-refractivity contribution is 5.97. The molecule has 0 saturated heterocycles. The van der Waals surface area contributed by atoms with Crippen LogP contribution in [0.5, 0.6) is 0 Å². The molecule has 2 atom stereocenters. The van der Waals surface area contributed by atoms with Crippen molar-refractivity contribution in [1.29, 1.82) is 5.26 Å². The molecule has 0 aliphatic rings. The molecule has 0 aliphatic heterocycles. The molecule has 1 rings (SSSR count). The Morgan fingerprint density at radius 2 is 1.70 bits per heavy atom. The summed E-state index contributed by atoms with van der Waals surface area (Å²) in [5.74, 6) is -2.21. The number of nitriles is 1. The van der Waals surface area contributed by atoms with Crippen molar-refractivity contribution < 1.29 is 23.9 Å². The first kappa shape index (κ1) is 18.2. The lowest BCUT2D eigenvalue weighted by atomic mass is 10.0. The summed E-state index contributed by atoms with van der Waals surface area (Å²) >= 11 is 0. The van der Waals surface area contributed by atoms with E-state index in [4.69, 9.17) is 5.26 Å². The number of benzene rings is 1. The van der Waals surface area contributed by atoms with Crippen LogP contribution in [-0.2, 0) is 19.1 Å². The Hall–Kier alpha value is -2.88. The van der Waals surface area contributed by atoms with Crippen molar-refractivity contribution >= 4 is 17.8 Å². The number of nitrogens with one attached hydrogen (secondary N) is 1. The van der Waals surface area contributed by atoms with E-state index in [1.807, 2.05) is 6.07 Å². The molecule has 7 heteroatoms. The van der Waals surface area contributed by atoms with Crippen LogP contribution >= 0.6 is 0 Å². The van der Waals surface area contributed by atoms with Gasteiger partial charge in [-0.1, -0.05) is 6.92 Å². The molecule has 1 aromatic carbocycles. The number of carbonyl (C=O) groups excluding carboxylic acids is 3. The predicted molar refractivity (Wildman–Crippen MR) is 80.2 cm³/mol. The molecule has 122 valence electrons. The summed E-state index contributed by atoms with van der Waals surface area (Å²) < 4.78 is 9.26. The molecule has 1 N–H and O–H groups in total. The molecule has 0 aliphatic carbocycles. The fraction of sp³-hybridized carbons (Fsp3) is 0.375. The number of nitrogens with zero attached hydrogens (tertiary/aromatic N) is 1. The first-order valence-corrected chi connectivity index (χ1v) is 6.89. The molecule has 0 saturated carbocycles. The van der Waals surface area contributed by atoms with Gasteiger partial charge < -0.3 is 14.8 Å². The quantitative estimate of drug-likeness (QED) is 0.785. The molecule has 0 bridgehead atoms. The highest BCUT2D eigenvalue weighted by Crippen LogP contribution is 2.11. The minimum Gasteiger partial charge on any atom is -0.469 e. The minimum atomic E-state index is -0.975. The van der Waals surface area contributed by atoms with Gasteiger partial charge in [-0.25, -0.2) is 4.79 Å². The highest BCUT2D eigenvalue weighted by atomic mass is 16.5. The van der Waals surface area contributed by atoms with E-state index in [0.717, 1.165) is 0 Å². The van der Waals surface area contributed by atoms with Gasteiger partial charge in [-0.05, 0) is 30.7 Å². The average Bonchev–Trinajstić information content (AvgIpc) is 2.59. The summed E-state index contributed by atoms with van der Waals surface area (Å²) in [6.07, 6.45) is 0.0569. The maximum absolute atomic E-state index is 12.2. The van der Waals surface area contributed by atoms with Crippen LogP contribution in [0.15, 0.2) is 24.3 Å². The average molecular weight is 318 g/mol. The Labute approximate surface area is 134 Å². The molecular formula is C16H18N2O5. The van der Waals surface area contributed by atoms with E-state index in [9.17, 15) is 14.4 Å². The summed E-state index contributed by atoms with van der Waals surface area (Å²) in [4.78, 5) is 35.4. The minimum absolute atomic E-state index is 0.0569. The Kier molecular flexibility index (Phi) is 6.74. The Morgan fingerprint density at radius 3 is 2.17 bits per heavy atom. The van der Waals surface area contributed by atoms with Crippen LogP contribution in [0.3, 0.4) is 0 Å². The van der Waals surface area contributed by atoms with Crippen LogP contribution in [0.4, 0.5) is 0 Å². The number of esters is 2. The van der Waals surface area contributed by atoms with Gasteiger partial charge in [0.15, 0.2) is 0 Å². The van der Waals surface area contributed by atoms with Gasteiger partial charge in [-0.3, -0.25) is 9.59 Å². The van der Waals surface area contributed by atoms with Gasteiger partial charge >= 0.3 is 11.9 Å². The Balaban J connectivity index is 2.83. The second kappa shape index (κ2) is 8.54. The summed E-state index contributed by atoms with van der Waals surface area (Å²) in [5, 5.41) is 11.3. The molecule has 0 aromatic heterocycles. The van der Waals surface area contributed by atoms with Crippen LogP contribution in [0.25, 0.3) is 0 Å². The second-order valence-electron chi connectivity index (χ2n) is 4.90. The lowest BCUT2D eigenvalue weighted by molar-refractivity contribution is -0.147. The monoisotopic (exact) mass is 318 g/mol. The van der Waals surface area contributed by atoms with Crippen molar-refractivity contribution in [2.24, 2.45) is 5.92 Å². The number of amides is 1. The van der Waals surface area contributed by atoms with Crippen LogP contribution in [0.1, 0.15) is 29.3 Å². The van der Waals surface area contributed by atoms with Crippen molar-refractivity contribution in [3.63, 3.8) is 0 Å². The van der Waals surface area contributed by atoms with E-state index in [2.05, 4.69) is 14.8 Å². The van der Waals surface area contributed by atoms with Crippen molar-refractivity contribution in [2.75, 3.05) is 14.2 Å². The van der Waals surface area contributed by atoms with Crippen molar-refractivity contribution in [2.45, 2.75) is 19.4 Å². The predicted octanol–water partition coefficient (Wildman–Crippen LogP) is 1.03. The smallest absolute Gasteiger partial charge is 0.328 e. The first-order chi connectivity index (χ1) is 10.9. The zero-order valence-electron chi connectivity index (χ0n) is 13.2. The number of ether oxygens (including phenoxy) is 2. The highest BCUT2D eigenvalue weighted by Gasteiger charge is 2.27. The Bertz CT molecular complexity index is 618. The lowest BCUT2D eigenvalue weighted by Gasteiger charge is -2.19. The lowest BCUT2D eigenvalue weighted by Crippen LogP contribution is -2.43.